The number of nitriles is 1. The molecule has 0 radical (unpaired) electrons. The second-order valence-electron chi connectivity index (χ2n) is 6.06. The molecule has 28 heavy (non-hydrogen) atoms. The molecular weight excluding hydrogens is 370 g/mol. The van der Waals surface area contributed by atoms with Crippen molar-refractivity contribution in [2.75, 3.05) is 4.90 Å². The number of carbonyl (C=O) groups is 2. The van der Waals surface area contributed by atoms with Crippen LogP contribution in [-0.2, 0) is 4.79 Å². The molecule has 2 N–H and O–H groups in total. The smallest absolute Gasteiger partial charge is 0.387 e. The van der Waals surface area contributed by atoms with Gasteiger partial charge >= 0.3 is 12.6 Å². The van der Waals surface area contributed by atoms with E-state index in [9.17, 15) is 23.6 Å². The van der Waals surface area contributed by atoms with Crippen molar-refractivity contribution in [2.45, 2.75) is 12.8 Å². The van der Waals surface area contributed by atoms with E-state index < -0.39 is 24.7 Å². The summed E-state index contributed by atoms with van der Waals surface area (Å²) in [5.74, 6) is -0.561. The fourth-order valence-electron chi connectivity index (χ4n) is 3.21. The number of urea groups is 1. The maximum atomic E-state index is 12.4. The fourth-order valence-corrected chi connectivity index (χ4v) is 3.21. The zero-order valence-electron chi connectivity index (χ0n) is 14.1. The molecule has 0 bridgehead atoms. The summed E-state index contributed by atoms with van der Waals surface area (Å²) >= 11 is 0. The van der Waals surface area contributed by atoms with Crippen LogP contribution in [0.15, 0.2) is 48.0 Å². The topological polar surface area (TPSA) is 94.5 Å². The van der Waals surface area contributed by atoms with Gasteiger partial charge in [0.1, 0.15) is 11.9 Å². The van der Waals surface area contributed by atoms with Crippen LogP contribution in [-0.4, -0.2) is 24.7 Å². The normalized spacial score (nSPS) is 17.7. The molecule has 7 nitrogen and oxygen atoms in total. The molecule has 2 aliphatic heterocycles. The first-order chi connectivity index (χ1) is 13.5. The minimum Gasteiger partial charge on any atom is -0.435 e. The molecular formula is C19H12F2N4O3. The van der Waals surface area contributed by atoms with Gasteiger partial charge in [-0.25, -0.2) is 4.79 Å². The zero-order chi connectivity index (χ0) is 19.8. The van der Waals surface area contributed by atoms with Gasteiger partial charge in [0.2, 0.25) is 0 Å². The first kappa shape index (κ1) is 17.5. The molecule has 0 spiro atoms. The van der Waals surface area contributed by atoms with Crippen molar-refractivity contribution in [1.82, 2.24) is 10.6 Å². The molecule has 2 aromatic rings. The van der Waals surface area contributed by atoms with Gasteiger partial charge in [-0.05, 0) is 48.0 Å². The molecule has 1 fully saturated rings. The van der Waals surface area contributed by atoms with Gasteiger partial charge in [0.15, 0.2) is 0 Å². The maximum Gasteiger partial charge on any atom is 0.387 e. The average Bonchev–Trinajstić information content (AvgIpc) is 2.66. The first-order valence-electron chi connectivity index (χ1n) is 8.18. The van der Waals surface area contributed by atoms with Gasteiger partial charge in [-0.2, -0.15) is 14.0 Å². The summed E-state index contributed by atoms with van der Waals surface area (Å²) in [4.78, 5) is 25.8. The number of halogens is 2. The first-order valence-corrected chi connectivity index (χ1v) is 8.18. The molecule has 2 aliphatic rings. The Morgan fingerprint density at radius 1 is 1.14 bits per heavy atom. The molecule has 0 aromatic heterocycles. The molecule has 1 saturated heterocycles. The van der Waals surface area contributed by atoms with Crippen molar-refractivity contribution in [3.63, 3.8) is 0 Å². The van der Waals surface area contributed by atoms with E-state index in [1.807, 2.05) is 0 Å². The van der Waals surface area contributed by atoms with Gasteiger partial charge in [0.05, 0.1) is 22.9 Å². The number of benzene rings is 2. The Kier molecular flexibility index (Phi) is 4.16. The van der Waals surface area contributed by atoms with Gasteiger partial charge in [0, 0.05) is 5.69 Å². The molecule has 0 aliphatic carbocycles. The number of hydrogen-bond donors (Lipinski definition) is 2. The Balaban J connectivity index is 1.84. The molecule has 3 amide bonds. The lowest BCUT2D eigenvalue weighted by molar-refractivity contribution is -0.117. The van der Waals surface area contributed by atoms with Crippen LogP contribution in [0, 0.1) is 11.3 Å². The lowest BCUT2D eigenvalue weighted by Crippen LogP contribution is -2.60. The van der Waals surface area contributed by atoms with Crippen LogP contribution in [0.1, 0.15) is 11.1 Å². The Hall–Kier alpha value is -3.93. The van der Waals surface area contributed by atoms with Gasteiger partial charge in [-0.1, -0.05) is 6.07 Å². The molecule has 2 aromatic carbocycles. The zero-order valence-corrected chi connectivity index (χ0v) is 14.1. The molecule has 4 rings (SSSR count). The number of carbonyl (C=O) groups excluding carboxylic acids is 2. The Bertz CT molecular complexity index is 1040. The summed E-state index contributed by atoms with van der Waals surface area (Å²) in [7, 11) is 0. The van der Waals surface area contributed by atoms with Crippen molar-refractivity contribution in [3.8, 4) is 11.8 Å². The standard InChI is InChI=1S/C19H12F2N4O3/c20-18(21)28-13-5-3-12(4-6-13)25-15-7-10(9-22)1-2-11(15)8-14-16(25)23-19(27)24-17(14)26/h1-8,16,18H,(H2,23,24,26,27). The highest BCUT2D eigenvalue weighted by Crippen LogP contribution is 2.39. The van der Waals surface area contributed by atoms with E-state index in [2.05, 4.69) is 21.4 Å². The van der Waals surface area contributed by atoms with Crippen molar-refractivity contribution < 1.29 is 23.1 Å². The second kappa shape index (κ2) is 6.66. The predicted octanol–water partition coefficient (Wildman–Crippen LogP) is 2.86. The lowest BCUT2D eigenvalue weighted by Gasteiger charge is -2.41. The SMILES string of the molecule is N#Cc1ccc2c(c1)N(c1ccc(OC(F)F)cc1)C1NC(=O)NC(=O)C1=C2. The summed E-state index contributed by atoms with van der Waals surface area (Å²) in [5, 5.41) is 14.1. The Morgan fingerprint density at radius 3 is 2.57 bits per heavy atom. The number of amides is 3. The van der Waals surface area contributed by atoms with E-state index >= 15 is 0 Å². The van der Waals surface area contributed by atoms with E-state index in [4.69, 9.17) is 0 Å². The third-order valence-corrected chi connectivity index (χ3v) is 4.38. The lowest BCUT2D eigenvalue weighted by atomic mass is 9.96. The van der Waals surface area contributed by atoms with Crippen LogP contribution in [0.2, 0.25) is 0 Å². The fraction of sp³-hybridized carbons (Fsp3) is 0.105. The molecule has 0 saturated carbocycles. The van der Waals surface area contributed by atoms with Crippen molar-refractivity contribution in [1.29, 1.82) is 5.26 Å². The van der Waals surface area contributed by atoms with Crippen molar-refractivity contribution in [2.24, 2.45) is 0 Å². The van der Waals surface area contributed by atoms with Gasteiger partial charge in [0.25, 0.3) is 5.91 Å². The molecule has 140 valence electrons. The highest BCUT2D eigenvalue weighted by atomic mass is 19.3. The van der Waals surface area contributed by atoms with Crippen LogP contribution in [0.5, 0.6) is 5.75 Å². The monoisotopic (exact) mass is 382 g/mol. The summed E-state index contributed by atoms with van der Waals surface area (Å²) in [6.07, 6.45) is 0.824. The minimum absolute atomic E-state index is 0.0250. The Morgan fingerprint density at radius 2 is 1.89 bits per heavy atom. The van der Waals surface area contributed by atoms with E-state index in [0.717, 1.165) is 0 Å². The number of ether oxygens (including phenoxy) is 1. The number of hydrogen-bond acceptors (Lipinski definition) is 5. The van der Waals surface area contributed by atoms with Gasteiger partial charge in [-0.3, -0.25) is 10.1 Å². The van der Waals surface area contributed by atoms with E-state index in [1.165, 1.54) is 24.3 Å². The summed E-state index contributed by atoms with van der Waals surface area (Å²) in [6.45, 7) is -2.95. The number of fused-ring (bicyclic) bond motifs is 2. The molecule has 1 atom stereocenters. The van der Waals surface area contributed by atoms with Gasteiger partial charge in [-0.15, -0.1) is 0 Å². The van der Waals surface area contributed by atoms with Crippen molar-refractivity contribution >= 4 is 29.4 Å². The van der Waals surface area contributed by atoms with Crippen LogP contribution in [0.25, 0.3) is 6.08 Å². The van der Waals surface area contributed by atoms with Crippen LogP contribution < -0.4 is 20.3 Å². The molecule has 9 heteroatoms. The predicted molar refractivity (Wildman–Crippen MR) is 94.8 cm³/mol. The quantitative estimate of drug-likeness (QED) is 0.851. The van der Waals surface area contributed by atoms with Crippen LogP contribution in [0.3, 0.4) is 0 Å². The van der Waals surface area contributed by atoms with E-state index in [1.54, 1.807) is 29.2 Å². The average molecular weight is 382 g/mol. The summed E-state index contributed by atoms with van der Waals surface area (Å²) < 4.78 is 29.2. The van der Waals surface area contributed by atoms with Gasteiger partial charge < -0.3 is 15.0 Å². The number of rotatable bonds is 3. The largest absolute Gasteiger partial charge is 0.435 e. The second-order valence-corrected chi connectivity index (χ2v) is 6.06. The van der Waals surface area contributed by atoms with Crippen LogP contribution in [0.4, 0.5) is 25.0 Å². The number of alkyl halides is 2. The van der Waals surface area contributed by atoms with E-state index in [0.29, 0.717) is 28.1 Å². The third-order valence-electron chi connectivity index (χ3n) is 4.38. The summed E-state index contributed by atoms with van der Waals surface area (Å²) in [5.41, 5.74) is 2.48. The highest BCUT2D eigenvalue weighted by Gasteiger charge is 2.38. The van der Waals surface area contributed by atoms with Crippen molar-refractivity contribution in [3.05, 3.63) is 59.2 Å². The summed E-state index contributed by atoms with van der Waals surface area (Å²) in [6, 6.07) is 12.1. The molecule has 1 unspecified atom stereocenters. The highest BCUT2D eigenvalue weighted by molar-refractivity contribution is 6.12. The maximum absolute atomic E-state index is 12.4. The number of anilines is 2. The number of nitrogens with one attached hydrogen (secondary N) is 2. The molecule has 2 heterocycles. The minimum atomic E-state index is -2.95. The third kappa shape index (κ3) is 3.01. The number of nitrogens with zero attached hydrogens (tertiary/aromatic N) is 2. The van der Waals surface area contributed by atoms with Crippen LogP contribution >= 0.6 is 0 Å². The Labute approximate surface area is 157 Å². The van der Waals surface area contributed by atoms with E-state index in [-0.39, 0.29) is 5.75 Å². The number of imide groups is 1.